The maximum absolute atomic E-state index is 13.5. The predicted octanol–water partition coefficient (Wildman–Crippen LogP) is 7.49. The molecular weight excluding hydrogens is 567 g/mol. The van der Waals surface area contributed by atoms with Gasteiger partial charge in [-0.1, -0.05) is 96.5 Å². The van der Waals surface area contributed by atoms with Crippen LogP contribution in [-0.2, 0) is 11.2 Å². The van der Waals surface area contributed by atoms with Crippen molar-refractivity contribution in [3.8, 4) is 22.3 Å². The Hall–Kier alpha value is -5.27. The first-order valence-corrected chi connectivity index (χ1v) is 13.8. The molecule has 6 nitrogen and oxygen atoms in total. The summed E-state index contributed by atoms with van der Waals surface area (Å²) < 4.78 is 13.5. The second-order valence-corrected chi connectivity index (χ2v) is 10.2. The fourth-order valence-corrected chi connectivity index (χ4v) is 4.79. The minimum atomic E-state index is -1.23. The van der Waals surface area contributed by atoms with Gasteiger partial charge in [0.15, 0.2) is 0 Å². The maximum Gasteiger partial charge on any atom is 0.326 e. The standard InChI is InChI=1S/C35H26ClFN2O4/c36-29-21-27(18-19-30(29)37)25-12-10-22(11-13-25)20-32(35(42)43)39-34(41)28-8-4-5-9-31(28)38-33(40)26-16-14-24(15-17-26)23-6-2-1-3-7-23/h1-19,21,32H,20H2,(H,38,40)(H,39,41)(H,42,43)/t32-/m0/s1. The molecule has 0 radical (unpaired) electrons. The van der Waals surface area contributed by atoms with Gasteiger partial charge in [-0.3, -0.25) is 9.59 Å². The van der Waals surface area contributed by atoms with Crippen LogP contribution in [0.2, 0.25) is 5.02 Å². The van der Waals surface area contributed by atoms with Gasteiger partial charge >= 0.3 is 5.97 Å². The van der Waals surface area contributed by atoms with E-state index in [-0.39, 0.29) is 22.7 Å². The predicted molar refractivity (Wildman–Crippen MR) is 166 cm³/mol. The third-order valence-electron chi connectivity index (χ3n) is 6.92. The van der Waals surface area contributed by atoms with E-state index in [4.69, 9.17) is 11.6 Å². The van der Waals surface area contributed by atoms with E-state index in [1.165, 1.54) is 18.2 Å². The Balaban J connectivity index is 1.26. The van der Waals surface area contributed by atoms with Gasteiger partial charge in [0.1, 0.15) is 11.9 Å². The average Bonchev–Trinajstić information content (AvgIpc) is 3.03. The number of rotatable bonds is 9. The largest absolute Gasteiger partial charge is 0.480 e. The monoisotopic (exact) mass is 592 g/mol. The number of carboxylic acid groups (broad SMARTS) is 1. The van der Waals surface area contributed by atoms with Crippen molar-refractivity contribution in [2.24, 2.45) is 0 Å². The Kier molecular flexibility index (Phi) is 8.93. The normalized spacial score (nSPS) is 11.4. The molecule has 0 aromatic heterocycles. The lowest BCUT2D eigenvalue weighted by molar-refractivity contribution is -0.139. The number of amides is 2. The number of carbonyl (C=O) groups excluding carboxylic acids is 2. The van der Waals surface area contributed by atoms with Crippen molar-refractivity contribution in [3.05, 3.63) is 149 Å². The van der Waals surface area contributed by atoms with Gasteiger partial charge in [0, 0.05) is 12.0 Å². The highest BCUT2D eigenvalue weighted by Crippen LogP contribution is 2.26. The Morgan fingerprint density at radius 2 is 1.28 bits per heavy atom. The molecule has 0 saturated heterocycles. The second-order valence-electron chi connectivity index (χ2n) is 9.84. The van der Waals surface area contributed by atoms with E-state index in [2.05, 4.69) is 10.6 Å². The number of hydrogen-bond donors (Lipinski definition) is 3. The number of hydrogen-bond acceptors (Lipinski definition) is 3. The molecule has 0 aliphatic heterocycles. The summed E-state index contributed by atoms with van der Waals surface area (Å²) in [6.45, 7) is 0. The number of anilines is 1. The van der Waals surface area contributed by atoms with Gasteiger partial charge in [0.05, 0.1) is 16.3 Å². The van der Waals surface area contributed by atoms with E-state index < -0.39 is 29.6 Å². The SMILES string of the molecule is O=C(Nc1ccccc1C(=O)N[C@@H](Cc1ccc(-c2ccc(F)c(Cl)c2)cc1)C(=O)O)c1ccc(-c2ccccc2)cc1. The van der Waals surface area contributed by atoms with Gasteiger partial charge in [-0.05, 0) is 64.2 Å². The lowest BCUT2D eigenvalue weighted by Gasteiger charge is -2.17. The molecule has 1 atom stereocenters. The van der Waals surface area contributed by atoms with Crippen molar-refractivity contribution in [1.29, 1.82) is 0 Å². The van der Waals surface area contributed by atoms with E-state index in [1.807, 2.05) is 42.5 Å². The van der Waals surface area contributed by atoms with Gasteiger partial charge in [0.25, 0.3) is 11.8 Å². The van der Waals surface area contributed by atoms with Gasteiger partial charge in [-0.25, -0.2) is 9.18 Å². The summed E-state index contributed by atoms with van der Waals surface area (Å²) in [5, 5.41) is 15.2. The van der Waals surface area contributed by atoms with Crippen molar-refractivity contribution in [3.63, 3.8) is 0 Å². The molecule has 5 aromatic rings. The highest BCUT2D eigenvalue weighted by molar-refractivity contribution is 6.31. The Bertz CT molecular complexity index is 1770. The van der Waals surface area contributed by atoms with Crippen LogP contribution in [0.25, 0.3) is 22.3 Å². The number of halogens is 2. The zero-order valence-electron chi connectivity index (χ0n) is 22.8. The van der Waals surface area contributed by atoms with Crippen LogP contribution >= 0.6 is 11.6 Å². The highest BCUT2D eigenvalue weighted by Gasteiger charge is 2.23. The average molecular weight is 593 g/mol. The molecule has 5 aromatic carbocycles. The van der Waals surface area contributed by atoms with Gasteiger partial charge < -0.3 is 15.7 Å². The van der Waals surface area contributed by atoms with Gasteiger partial charge in [0.2, 0.25) is 0 Å². The molecule has 0 aliphatic carbocycles. The molecule has 0 fully saturated rings. The van der Waals surface area contributed by atoms with Crippen molar-refractivity contribution in [1.82, 2.24) is 5.32 Å². The first kappa shape index (κ1) is 29.2. The van der Waals surface area contributed by atoms with Crippen LogP contribution in [0.15, 0.2) is 121 Å². The molecule has 0 aliphatic rings. The Morgan fingerprint density at radius 3 is 1.95 bits per heavy atom. The Labute approximate surface area is 252 Å². The zero-order valence-corrected chi connectivity index (χ0v) is 23.5. The third kappa shape index (κ3) is 7.15. The van der Waals surface area contributed by atoms with Crippen LogP contribution in [0.4, 0.5) is 10.1 Å². The number of benzene rings is 5. The summed E-state index contributed by atoms with van der Waals surface area (Å²) in [7, 11) is 0. The van der Waals surface area contributed by atoms with Crippen LogP contribution in [0.3, 0.4) is 0 Å². The molecular formula is C35H26ClFN2O4. The molecule has 0 spiro atoms. The van der Waals surface area contributed by atoms with E-state index in [1.54, 1.807) is 60.7 Å². The molecule has 3 N–H and O–H groups in total. The molecule has 214 valence electrons. The summed E-state index contributed by atoms with van der Waals surface area (Å²) in [5.41, 5.74) is 4.95. The van der Waals surface area contributed by atoms with E-state index in [9.17, 15) is 23.9 Å². The molecule has 8 heteroatoms. The van der Waals surface area contributed by atoms with Crippen molar-refractivity contribution >= 4 is 35.1 Å². The number of nitrogens with one attached hydrogen (secondary N) is 2. The number of carbonyl (C=O) groups is 3. The quantitative estimate of drug-likeness (QED) is 0.165. The molecule has 0 unspecified atom stereocenters. The summed E-state index contributed by atoms with van der Waals surface area (Å²) in [6.07, 6.45) is 0.0216. The minimum Gasteiger partial charge on any atom is -0.480 e. The molecule has 5 rings (SSSR count). The van der Waals surface area contributed by atoms with Gasteiger partial charge in [-0.15, -0.1) is 0 Å². The van der Waals surface area contributed by atoms with Crippen molar-refractivity contribution < 1.29 is 23.9 Å². The zero-order chi connectivity index (χ0) is 30.3. The maximum atomic E-state index is 13.5. The van der Waals surface area contributed by atoms with Gasteiger partial charge in [-0.2, -0.15) is 0 Å². The number of para-hydroxylation sites is 1. The van der Waals surface area contributed by atoms with Crippen LogP contribution in [0, 0.1) is 5.82 Å². The highest BCUT2D eigenvalue weighted by atomic mass is 35.5. The summed E-state index contributed by atoms with van der Waals surface area (Å²) in [5.74, 6) is -2.76. The first-order chi connectivity index (χ1) is 20.8. The van der Waals surface area contributed by atoms with Crippen molar-refractivity contribution in [2.75, 3.05) is 5.32 Å². The molecule has 43 heavy (non-hydrogen) atoms. The summed E-state index contributed by atoms with van der Waals surface area (Å²) >= 11 is 5.89. The summed E-state index contributed by atoms with van der Waals surface area (Å²) in [6, 6.07) is 33.5. The topological polar surface area (TPSA) is 95.5 Å². The van der Waals surface area contributed by atoms with E-state index >= 15 is 0 Å². The van der Waals surface area contributed by atoms with Crippen LogP contribution < -0.4 is 10.6 Å². The van der Waals surface area contributed by atoms with E-state index in [0.717, 1.165) is 16.7 Å². The number of carboxylic acids is 1. The van der Waals surface area contributed by atoms with Crippen molar-refractivity contribution in [2.45, 2.75) is 12.5 Å². The molecule has 0 heterocycles. The minimum absolute atomic E-state index is 0.00710. The number of aliphatic carboxylic acids is 1. The smallest absolute Gasteiger partial charge is 0.326 e. The lowest BCUT2D eigenvalue weighted by Crippen LogP contribution is -2.42. The Morgan fingerprint density at radius 1 is 0.698 bits per heavy atom. The third-order valence-corrected chi connectivity index (χ3v) is 7.21. The van der Waals surface area contributed by atoms with E-state index in [0.29, 0.717) is 16.7 Å². The second kappa shape index (κ2) is 13.1. The lowest BCUT2D eigenvalue weighted by atomic mass is 10.00. The molecule has 2 amide bonds. The van der Waals surface area contributed by atoms with Crippen LogP contribution in [0.1, 0.15) is 26.3 Å². The summed E-state index contributed by atoms with van der Waals surface area (Å²) in [4.78, 5) is 38.3. The van der Waals surface area contributed by atoms with Crippen LogP contribution in [0.5, 0.6) is 0 Å². The molecule has 0 bridgehead atoms. The fraction of sp³-hybridized carbons (Fsp3) is 0.0571. The van der Waals surface area contributed by atoms with Crippen LogP contribution in [-0.4, -0.2) is 28.9 Å². The first-order valence-electron chi connectivity index (χ1n) is 13.4. The fourth-order valence-electron chi connectivity index (χ4n) is 4.61. The molecule has 0 saturated carbocycles.